The van der Waals surface area contributed by atoms with Gasteiger partial charge in [-0.1, -0.05) is 18.5 Å². The van der Waals surface area contributed by atoms with Gasteiger partial charge >= 0.3 is 0 Å². The van der Waals surface area contributed by atoms with E-state index in [1.165, 1.54) is 0 Å². The van der Waals surface area contributed by atoms with E-state index in [1.807, 2.05) is 13.8 Å². The van der Waals surface area contributed by atoms with Crippen LogP contribution in [0, 0.1) is 0 Å². The summed E-state index contributed by atoms with van der Waals surface area (Å²) in [6.07, 6.45) is 1.79. The van der Waals surface area contributed by atoms with Crippen molar-refractivity contribution in [3.8, 4) is 0 Å². The Hall–Kier alpha value is -0.620. The summed E-state index contributed by atoms with van der Waals surface area (Å²) in [4.78, 5) is 0.276. The lowest BCUT2D eigenvalue weighted by Crippen LogP contribution is -2.34. The van der Waals surface area contributed by atoms with E-state index in [0.717, 1.165) is 24.9 Å². The van der Waals surface area contributed by atoms with Crippen LogP contribution in [-0.4, -0.2) is 20.5 Å². The largest absolute Gasteiger partial charge is 0.313 e. The molecule has 1 saturated carbocycles. The van der Waals surface area contributed by atoms with E-state index in [1.54, 1.807) is 18.2 Å². The molecule has 19 heavy (non-hydrogen) atoms. The van der Waals surface area contributed by atoms with Gasteiger partial charge in [0.25, 0.3) is 0 Å². The maximum absolute atomic E-state index is 12.3. The molecule has 1 aromatic rings. The third-order valence-electron chi connectivity index (χ3n) is 3.27. The molecule has 0 amide bonds. The monoisotopic (exact) mass is 302 g/mol. The van der Waals surface area contributed by atoms with Crippen LogP contribution in [0.1, 0.15) is 32.3 Å². The van der Waals surface area contributed by atoms with Gasteiger partial charge in [-0.25, -0.2) is 13.1 Å². The normalized spacial score (nSPS) is 17.4. The molecule has 1 aliphatic rings. The van der Waals surface area contributed by atoms with Crippen molar-refractivity contribution >= 4 is 21.6 Å². The topological polar surface area (TPSA) is 58.2 Å². The molecule has 0 unspecified atom stereocenters. The summed E-state index contributed by atoms with van der Waals surface area (Å²) < 4.78 is 27.2. The number of hydrogen-bond acceptors (Lipinski definition) is 3. The highest BCUT2D eigenvalue weighted by Gasteiger charge is 2.41. The van der Waals surface area contributed by atoms with Gasteiger partial charge in [-0.15, -0.1) is 0 Å². The minimum atomic E-state index is -3.46. The fourth-order valence-corrected chi connectivity index (χ4v) is 3.49. The quantitative estimate of drug-likeness (QED) is 0.847. The fraction of sp³-hybridized carbons (Fsp3) is 0.538. The molecule has 0 spiro atoms. The van der Waals surface area contributed by atoms with Gasteiger partial charge in [0.2, 0.25) is 10.0 Å². The second kappa shape index (κ2) is 5.40. The van der Waals surface area contributed by atoms with Crippen LogP contribution in [0.25, 0.3) is 0 Å². The Bertz CT molecular complexity index is 568. The predicted molar refractivity (Wildman–Crippen MR) is 76.8 cm³/mol. The summed E-state index contributed by atoms with van der Waals surface area (Å²) in [6, 6.07) is 4.82. The molecule has 1 aliphatic carbocycles. The summed E-state index contributed by atoms with van der Waals surface area (Å²) in [5.74, 6) is 0. The molecule has 1 aromatic carbocycles. The highest BCUT2D eigenvalue weighted by atomic mass is 35.5. The molecule has 2 N–H and O–H groups in total. The number of rotatable bonds is 6. The molecule has 2 rings (SSSR count). The Morgan fingerprint density at radius 2 is 2.05 bits per heavy atom. The second-order valence-corrected chi connectivity index (χ2v) is 7.29. The highest BCUT2D eigenvalue weighted by Crippen LogP contribution is 2.36. The fourth-order valence-electron chi connectivity index (χ4n) is 1.79. The second-order valence-electron chi connectivity index (χ2n) is 5.20. The predicted octanol–water partition coefficient (Wildman–Crippen LogP) is 2.28. The minimum absolute atomic E-state index is 0.264. The molecule has 0 radical (unpaired) electrons. The zero-order valence-electron chi connectivity index (χ0n) is 11.2. The first-order valence-corrected chi connectivity index (χ1v) is 8.25. The van der Waals surface area contributed by atoms with E-state index in [-0.39, 0.29) is 10.4 Å². The Morgan fingerprint density at radius 3 is 2.63 bits per heavy atom. The van der Waals surface area contributed by atoms with E-state index < -0.39 is 10.0 Å². The smallest absolute Gasteiger partial charge is 0.241 e. The first-order chi connectivity index (χ1) is 8.86. The molecular formula is C13H19ClN2O2S. The summed E-state index contributed by atoms with van der Waals surface area (Å²) >= 11 is 6.07. The molecule has 106 valence electrons. The number of sulfonamides is 1. The van der Waals surface area contributed by atoms with Crippen LogP contribution in [0.5, 0.6) is 0 Å². The van der Waals surface area contributed by atoms with Gasteiger partial charge in [0.1, 0.15) is 0 Å². The first kappa shape index (κ1) is 14.8. The number of hydrogen-bond donors (Lipinski definition) is 2. The van der Waals surface area contributed by atoms with Crippen LogP contribution in [-0.2, 0) is 16.6 Å². The Labute approximate surface area is 119 Å². The van der Waals surface area contributed by atoms with E-state index in [2.05, 4.69) is 10.0 Å². The summed E-state index contributed by atoms with van der Waals surface area (Å²) in [6.45, 7) is 5.28. The zero-order chi connectivity index (χ0) is 14.1. The molecule has 0 bridgehead atoms. The molecule has 1 fully saturated rings. The zero-order valence-corrected chi connectivity index (χ0v) is 12.7. The Kier molecular flexibility index (Phi) is 4.20. The van der Waals surface area contributed by atoms with Crippen molar-refractivity contribution in [1.82, 2.24) is 10.0 Å². The molecule has 4 nitrogen and oxygen atoms in total. The molecule has 0 aliphatic heterocycles. The van der Waals surface area contributed by atoms with Crippen LogP contribution in [0.2, 0.25) is 5.02 Å². The van der Waals surface area contributed by atoms with Gasteiger partial charge in [0, 0.05) is 17.1 Å². The lowest BCUT2D eigenvalue weighted by molar-refractivity contribution is 0.558. The maximum Gasteiger partial charge on any atom is 0.241 e. The molecular weight excluding hydrogens is 284 g/mol. The van der Waals surface area contributed by atoms with Crippen LogP contribution < -0.4 is 10.0 Å². The average Bonchev–Trinajstić information content (AvgIpc) is 3.04. The standard InChI is InChI=1S/C13H19ClN2O2S/c1-3-15-9-10-8-11(4-5-12(10)14)19(17,18)16-13(2)6-7-13/h4-5,8,15-16H,3,6-7,9H2,1-2H3. The van der Waals surface area contributed by atoms with Crippen LogP contribution in [0.15, 0.2) is 23.1 Å². The number of nitrogens with one attached hydrogen (secondary N) is 2. The first-order valence-electron chi connectivity index (χ1n) is 6.39. The van der Waals surface area contributed by atoms with E-state index in [0.29, 0.717) is 11.6 Å². The number of benzene rings is 1. The van der Waals surface area contributed by atoms with Crippen LogP contribution in [0.3, 0.4) is 0 Å². The van der Waals surface area contributed by atoms with Crippen molar-refractivity contribution < 1.29 is 8.42 Å². The lowest BCUT2D eigenvalue weighted by Gasteiger charge is -2.13. The lowest BCUT2D eigenvalue weighted by atomic mass is 10.2. The number of halogens is 1. The van der Waals surface area contributed by atoms with Crippen molar-refractivity contribution in [3.63, 3.8) is 0 Å². The Morgan fingerprint density at radius 1 is 1.37 bits per heavy atom. The van der Waals surface area contributed by atoms with Crippen molar-refractivity contribution in [2.24, 2.45) is 0 Å². The van der Waals surface area contributed by atoms with Crippen molar-refractivity contribution in [2.75, 3.05) is 6.54 Å². The van der Waals surface area contributed by atoms with Gasteiger partial charge in [0.05, 0.1) is 4.90 Å². The van der Waals surface area contributed by atoms with E-state index >= 15 is 0 Å². The van der Waals surface area contributed by atoms with Crippen molar-refractivity contribution in [1.29, 1.82) is 0 Å². The molecule has 0 saturated heterocycles. The molecule has 6 heteroatoms. The maximum atomic E-state index is 12.3. The van der Waals surface area contributed by atoms with Gasteiger partial charge < -0.3 is 5.32 Å². The van der Waals surface area contributed by atoms with Gasteiger partial charge in [-0.05, 0) is 50.1 Å². The van der Waals surface area contributed by atoms with Crippen molar-refractivity contribution in [2.45, 2.75) is 43.7 Å². The average molecular weight is 303 g/mol. The summed E-state index contributed by atoms with van der Waals surface area (Å²) in [7, 11) is -3.46. The van der Waals surface area contributed by atoms with E-state index in [9.17, 15) is 8.42 Å². The highest BCUT2D eigenvalue weighted by molar-refractivity contribution is 7.89. The molecule has 0 heterocycles. The van der Waals surface area contributed by atoms with E-state index in [4.69, 9.17) is 11.6 Å². The Balaban J connectivity index is 2.24. The summed E-state index contributed by atoms with van der Waals surface area (Å²) in [5, 5.41) is 3.73. The van der Waals surface area contributed by atoms with Gasteiger partial charge in [-0.3, -0.25) is 0 Å². The van der Waals surface area contributed by atoms with Gasteiger partial charge in [-0.2, -0.15) is 0 Å². The van der Waals surface area contributed by atoms with Crippen LogP contribution in [0.4, 0.5) is 0 Å². The summed E-state index contributed by atoms with van der Waals surface area (Å²) in [5.41, 5.74) is 0.535. The SMILES string of the molecule is CCNCc1cc(S(=O)(=O)NC2(C)CC2)ccc1Cl. The third-order valence-corrected chi connectivity index (χ3v) is 5.28. The molecule has 0 aromatic heterocycles. The van der Waals surface area contributed by atoms with Crippen LogP contribution >= 0.6 is 11.6 Å². The van der Waals surface area contributed by atoms with Crippen molar-refractivity contribution in [3.05, 3.63) is 28.8 Å². The third kappa shape index (κ3) is 3.69. The minimum Gasteiger partial charge on any atom is -0.313 e. The molecule has 0 atom stereocenters. The van der Waals surface area contributed by atoms with Gasteiger partial charge in [0.15, 0.2) is 0 Å².